The molecule has 0 fully saturated rings. The molecule has 0 aliphatic carbocycles. The lowest BCUT2D eigenvalue weighted by Gasteiger charge is -2.24. The second-order valence-corrected chi connectivity index (χ2v) is 7.02. The fourth-order valence-electron chi connectivity index (χ4n) is 1.50. The molecule has 0 unspecified atom stereocenters. The molecule has 0 aromatic carbocycles. The standard InChI is InChI=1S/C12H22N4O3S/c1-12(2,5-7-19-3)9-15-20(17,18)10-4-6-14-11(8-10)16-13/h4,6,8,15H,5,7,9,13H2,1-3H3,(H,14,16). The number of sulfonamides is 1. The number of nitrogens with zero attached hydrogens (tertiary/aromatic N) is 1. The van der Waals surface area contributed by atoms with Gasteiger partial charge in [0.15, 0.2) is 0 Å². The summed E-state index contributed by atoms with van der Waals surface area (Å²) in [4.78, 5) is 4.00. The van der Waals surface area contributed by atoms with Crippen molar-refractivity contribution in [3.8, 4) is 0 Å². The van der Waals surface area contributed by atoms with Crippen LogP contribution in [0.15, 0.2) is 23.2 Å². The monoisotopic (exact) mass is 302 g/mol. The van der Waals surface area contributed by atoms with E-state index in [1.807, 2.05) is 13.8 Å². The van der Waals surface area contributed by atoms with E-state index in [-0.39, 0.29) is 10.3 Å². The molecule has 1 rings (SSSR count). The molecule has 1 aromatic rings. The van der Waals surface area contributed by atoms with E-state index in [4.69, 9.17) is 10.6 Å². The molecular weight excluding hydrogens is 280 g/mol. The van der Waals surface area contributed by atoms with Gasteiger partial charge >= 0.3 is 0 Å². The van der Waals surface area contributed by atoms with E-state index in [1.54, 1.807) is 7.11 Å². The van der Waals surface area contributed by atoms with Crippen LogP contribution in [-0.4, -0.2) is 33.7 Å². The molecule has 0 radical (unpaired) electrons. The molecule has 0 saturated heterocycles. The summed E-state index contributed by atoms with van der Waals surface area (Å²) in [5.41, 5.74) is 2.13. The number of anilines is 1. The van der Waals surface area contributed by atoms with Gasteiger partial charge in [0, 0.05) is 32.5 Å². The third-order valence-corrected chi connectivity index (χ3v) is 4.31. The Morgan fingerprint density at radius 3 is 2.75 bits per heavy atom. The normalized spacial score (nSPS) is 12.4. The maximum atomic E-state index is 12.2. The number of ether oxygens (including phenoxy) is 1. The average molecular weight is 302 g/mol. The molecule has 0 aliphatic rings. The summed E-state index contributed by atoms with van der Waals surface area (Å²) in [7, 11) is -1.95. The number of methoxy groups -OCH3 is 1. The lowest BCUT2D eigenvalue weighted by atomic mass is 9.90. The van der Waals surface area contributed by atoms with Gasteiger partial charge < -0.3 is 10.2 Å². The van der Waals surface area contributed by atoms with Crippen LogP contribution in [0.5, 0.6) is 0 Å². The number of nitrogens with one attached hydrogen (secondary N) is 2. The van der Waals surface area contributed by atoms with Crippen molar-refractivity contribution in [1.82, 2.24) is 9.71 Å². The zero-order valence-electron chi connectivity index (χ0n) is 12.0. The van der Waals surface area contributed by atoms with Gasteiger partial charge in [-0.05, 0) is 17.9 Å². The van der Waals surface area contributed by atoms with Gasteiger partial charge in [0.05, 0.1) is 4.90 Å². The third-order valence-electron chi connectivity index (χ3n) is 2.91. The van der Waals surface area contributed by atoms with E-state index in [0.29, 0.717) is 19.0 Å². The van der Waals surface area contributed by atoms with Crippen molar-refractivity contribution in [2.45, 2.75) is 25.2 Å². The molecule has 1 aromatic heterocycles. The van der Waals surface area contributed by atoms with Crippen LogP contribution < -0.4 is 16.0 Å². The maximum Gasteiger partial charge on any atom is 0.240 e. The molecule has 0 atom stereocenters. The highest BCUT2D eigenvalue weighted by atomic mass is 32.2. The van der Waals surface area contributed by atoms with E-state index < -0.39 is 10.0 Å². The Labute approximate surface area is 119 Å². The van der Waals surface area contributed by atoms with Crippen molar-refractivity contribution in [2.24, 2.45) is 11.3 Å². The van der Waals surface area contributed by atoms with Crippen molar-refractivity contribution in [2.75, 3.05) is 25.7 Å². The molecular formula is C12H22N4O3S. The fourth-order valence-corrected chi connectivity index (χ4v) is 2.75. The predicted octanol–water partition coefficient (Wildman–Crippen LogP) is 0.708. The van der Waals surface area contributed by atoms with E-state index in [2.05, 4.69) is 15.1 Å². The van der Waals surface area contributed by atoms with Gasteiger partial charge in [-0.15, -0.1) is 0 Å². The molecule has 0 spiro atoms. The van der Waals surface area contributed by atoms with Crippen molar-refractivity contribution in [1.29, 1.82) is 0 Å². The summed E-state index contributed by atoms with van der Waals surface area (Å²) in [6.07, 6.45) is 2.15. The predicted molar refractivity (Wildman–Crippen MR) is 77.5 cm³/mol. The largest absolute Gasteiger partial charge is 0.385 e. The summed E-state index contributed by atoms with van der Waals surface area (Å²) in [6, 6.07) is 2.80. The minimum Gasteiger partial charge on any atom is -0.385 e. The van der Waals surface area contributed by atoms with Crippen molar-refractivity contribution in [3.63, 3.8) is 0 Å². The quantitative estimate of drug-likeness (QED) is 0.482. The maximum absolute atomic E-state index is 12.2. The molecule has 0 bridgehead atoms. The number of rotatable bonds is 8. The summed E-state index contributed by atoms with van der Waals surface area (Å²) in [5, 5.41) is 0. The van der Waals surface area contributed by atoms with Crippen LogP contribution >= 0.6 is 0 Å². The molecule has 0 amide bonds. The van der Waals surface area contributed by atoms with Crippen molar-refractivity contribution >= 4 is 15.8 Å². The van der Waals surface area contributed by atoms with Gasteiger partial charge in [-0.3, -0.25) is 0 Å². The van der Waals surface area contributed by atoms with Gasteiger partial charge in [-0.25, -0.2) is 24.0 Å². The zero-order valence-corrected chi connectivity index (χ0v) is 12.8. The van der Waals surface area contributed by atoms with Crippen molar-refractivity contribution in [3.05, 3.63) is 18.3 Å². The molecule has 7 nitrogen and oxygen atoms in total. The second-order valence-electron chi connectivity index (χ2n) is 5.25. The average Bonchev–Trinajstić information content (AvgIpc) is 2.43. The number of pyridine rings is 1. The highest BCUT2D eigenvalue weighted by Crippen LogP contribution is 2.20. The molecule has 8 heteroatoms. The number of nitrogen functional groups attached to an aromatic ring is 1. The zero-order chi connectivity index (χ0) is 15.2. The van der Waals surface area contributed by atoms with Crippen LogP contribution in [0.1, 0.15) is 20.3 Å². The molecule has 20 heavy (non-hydrogen) atoms. The van der Waals surface area contributed by atoms with E-state index in [1.165, 1.54) is 18.3 Å². The van der Waals surface area contributed by atoms with Crippen LogP contribution in [0.2, 0.25) is 0 Å². The lowest BCUT2D eigenvalue weighted by molar-refractivity contribution is 0.153. The summed E-state index contributed by atoms with van der Waals surface area (Å²) < 4.78 is 32.0. The Morgan fingerprint density at radius 2 is 2.15 bits per heavy atom. The summed E-state index contributed by atoms with van der Waals surface area (Å²) in [6.45, 7) is 4.87. The Kier molecular flexibility index (Phi) is 5.88. The first kappa shape index (κ1) is 16.8. The SMILES string of the molecule is COCCC(C)(C)CNS(=O)(=O)c1ccnc(NN)c1. The first-order valence-corrected chi connectivity index (χ1v) is 7.70. The number of hydrogen-bond donors (Lipinski definition) is 3. The van der Waals surface area contributed by atoms with E-state index >= 15 is 0 Å². The van der Waals surface area contributed by atoms with Gasteiger partial charge in [0.1, 0.15) is 5.82 Å². The van der Waals surface area contributed by atoms with Crippen LogP contribution in [0.3, 0.4) is 0 Å². The van der Waals surface area contributed by atoms with Gasteiger partial charge in [0.25, 0.3) is 0 Å². The molecule has 114 valence electrons. The van der Waals surface area contributed by atoms with Crippen LogP contribution in [0, 0.1) is 5.41 Å². The highest BCUT2D eigenvalue weighted by molar-refractivity contribution is 7.89. The molecule has 4 N–H and O–H groups in total. The summed E-state index contributed by atoms with van der Waals surface area (Å²) >= 11 is 0. The van der Waals surface area contributed by atoms with Gasteiger partial charge in [0.2, 0.25) is 10.0 Å². The Hall–Kier alpha value is -1.22. The Morgan fingerprint density at radius 1 is 1.45 bits per heavy atom. The number of aromatic nitrogens is 1. The smallest absolute Gasteiger partial charge is 0.240 e. The highest BCUT2D eigenvalue weighted by Gasteiger charge is 2.22. The first-order valence-electron chi connectivity index (χ1n) is 6.22. The minimum absolute atomic E-state index is 0.128. The van der Waals surface area contributed by atoms with Gasteiger partial charge in [-0.2, -0.15) is 0 Å². The van der Waals surface area contributed by atoms with Crippen LogP contribution in [0.4, 0.5) is 5.82 Å². The lowest BCUT2D eigenvalue weighted by Crippen LogP contribution is -2.34. The second kappa shape index (κ2) is 6.98. The molecule has 1 heterocycles. The van der Waals surface area contributed by atoms with Gasteiger partial charge in [-0.1, -0.05) is 13.8 Å². The number of hydrazine groups is 1. The topological polar surface area (TPSA) is 106 Å². The molecule has 0 aliphatic heterocycles. The fraction of sp³-hybridized carbons (Fsp3) is 0.583. The minimum atomic E-state index is -3.58. The third kappa shape index (κ3) is 5.04. The van der Waals surface area contributed by atoms with E-state index in [0.717, 1.165) is 6.42 Å². The van der Waals surface area contributed by atoms with Crippen LogP contribution in [-0.2, 0) is 14.8 Å². The first-order chi connectivity index (χ1) is 9.30. The van der Waals surface area contributed by atoms with Crippen molar-refractivity contribution < 1.29 is 13.2 Å². The van der Waals surface area contributed by atoms with Crippen LogP contribution in [0.25, 0.3) is 0 Å². The van der Waals surface area contributed by atoms with E-state index in [9.17, 15) is 8.42 Å². The number of nitrogens with two attached hydrogens (primary N) is 1. The summed E-state index contributed by atoms with van der Waals surface area (Å²) in [5.74, 6) is 5.52. The number of hydrogen-bond acceptors (Lipinski definition) is 6. The molecule has 0 saturated carbocycles. The Bertz CT molecular complexity index is 531. The Balaban J connectivity index is 2.74.